The number of nitrogens with one attached hydrogen (secondary N) is 1. The van der Waals surface area contributed by atoms with Crippen LogP contribution < -0.4 is 4.74 Å². The lowest BCUT2D eigenvalue weighted by Gasteiger charge is -2.37. The molecule has 0 saturated carbocycles. The number of aromatic nitrogens is 1. The molecule has 1 atom stereocenters. The number of aliphatic hydroxyl groups is 1. The minimum Gasteiger partial charge on any atom is -0.508 e. The van der Waals surface area contributed by atoms with Crippen molar-refractivity contribution in [2.24, 2.45) is 0 Å². The van der Waals surface area contributed by atoms with E-state index in [2.05, 4.69) is 4.98 Å². The van der Waals surface area contributed by atoms with Gasteiger partial charge in [0.05, 0.1) is 22.7 Å². The molecule has 5 heteroatoms. The summed E-state index contributed by atoms with van der Waals surface area (Å²) in [6, 6.07) is 6.87. The van der Waals surface area contributed by atoms with Crippen LogP contribution in [0.2, 0.25) is 0 Å². The Kier molecular flexibility index (Phi) is 2.75. The Morgan fingerprint density at radius 3 is 2.83 bits per heavy atom. The van der Waals surface area contributed by atoms with Gasteiger partial charge in [-0.25, -0.2) is 0 Å². The maximum atomic E-state index is 11.5. The number of carbonyl (C=O) groups is 1. The zero-order chi connectivity index (χ0) is 16.4. The standard InChI is InChI=1S/C18H17NO4/c1-18(2)15(22)7-13-16-12(5-9(8-20)17(13)23-18)11-4-3-10(21)6-14(11)19-16/h3-6,8,15,19,21-22H,7H2,1-2H3. The van der Waals surface area contributed by atoms with E-state index in [4.69, 9.17) is 4.74 Å². The topological polar surface area (TPSA) is 82.6 Å². The third kappa shape index (κ3) is 1.93. The Labute approximate surface area is 132 Å². The highest BCUT2D eigenvalue weighted by atomic mass is 16.5. The number of aromatic amines is 1. The number of hydrogen-bond donors (Lipinski definition) is 3. The number of rotatable bonds is 1. The van der Waals surface area contributed by atoms with Gasteiger partial charge >= 0.3 is 0 Å². The summed E-state index contributed by atoms with van der Waals surface area (Å²) in [6.07, 6.45) is 0.518. The number of hydrogen-bond acceptors (Lipinski definition) is 4. The second kappa shape index (κ2) is 4.49. The molecule has 2 aromatic carbocycles. The van der Waals surface area contributed by atoms with E-state index in [0.717, 1.165) is 33.7 Å². The molecule has 1 aliphatic rings. The third-order valence-electron chi connectivity index (χ3n) is 4.65. The molecule has 1 unspecified atom stereocenters. The van der Waals surface area contributed by atoms with Gasteiger partial charge in [-0.2, -0.15) is 0 Å². The Hall–Kier alpha value is -2.53. The van der Waals surface area contributed by atoms with Crippen LogP contribution in [0.5, 0.6) is 11.5 Å². The highest BCUT2D eigenvalue weighted by Gasteiger charge is 2.38. The Morgan fingerprint density at radius 1 is 1.30 bits per heavy atom. The lowest BCUT2D eigenvalue weighted by atomic mass is 9.88. The molecule has 23 heavy (non-hydrogen) atoms. The summed E-state index contributed by atoms with van der Waals surface area (Å²) < 4.78 is 5.93. The van der Waals surface area contributed by atoms with Gasteiger partial charge in [0.25, 0.3) is 0 Å². The van der Waals surface area contributed by atoms with E-state index in [1.807, 2.05) is 19.9 Å². The maximum Gasteiger partial charge on any atom is 0.153 e. The molecule has 3 N–H and O–H groups in total. The van der Waals surface area contributed by atoms with E-state index in [-0.39, 0.29) is 5.75 Å². The van der Waals surface area contributed by atoms with E-state index in [0.29, 0.717) is 17.7 Å². The Morgan fingerprint density at radius 2 is 2.09 bits per heavy atom. The summed E-state index contributed by atoms with van der Waals surface area (Å²) in [4.78, 5) is 14.8. The molecule has 3 aromatic rings. The van der Waals surface area contributed by atoms with Crippen LogP contribution in [-0.4, -0.2) is 33.2 Å². The molecule has 0 spiro atoms. The summed E-state index contributed by atoms with van der Waals surface area (Å²) in [5, 5.41) is 21.8. The molecule has 1 aliphatic heterocycles. The Bertz CT molecular complexity index is 955. The molecule has 0 fully saturated rings. The molecule has 0 aliphatic carbocycles. The molecule has 5 nitrogen and oxygen atoms in total. The number of phenolic OH excluding ortho intramolecular Hbond substituents is 1. The predicted molar refractivity (Wildman–Crippen MR) is 87.3 cm³/mol. The average Bonchev–Trinajstić information content (AvgIpc) is 2.85. The Balaban J connectivity index is 2.10. The fraction of sp³-hybridized carbons (Fsp3) is 0.278. The first kappa shape index (κ1) is 14.1. The molecular weight excluding hydrogens is 294 g/mol. The highest BCUT2D eigenvalue weighted by molar-refractivity contribution is 6.11. The molecule has 4 rings (SSSR count). The van der Waals surface area contributed by atoms with Crippen LogP contribution in [0, 0.1) is 0 Å². The average molecular weight is 311 g/mol. The fourth-order valence-corrected chi connectivity index (χ4v) is 3.28. The van der Waals surface area contributed by atoms with Crippen molar-refractivity contribution < 1.29 is 19.7 Å². The number of fused-ring (bicyclic) bond motifs is 5. The van der Waals surface area contributed by atoms with Crippen LogP contribution in [0.15, 0.2) is 24.3 Å². The molecule has 0 radical (unpaired) electrons. The first-order valence-electron chi connectivity index (χ1n) is 7.53. The van der Waals surface area contributed by atoms with Gasteiger partial charge in [0.1, 0.15) is 17.1 Å². The number of benzene rings is 2. The monoisotopic (exact) mass is 311 g/mol. The lowest BCUT2D eigenvalue weighted by Crippen LogP contribution is -2.46. The van der Waals surface area contributed by atoms with Crippen molar-refractivity contribution in [1.82, 2.24) is 4.98 Å². The number of aromatic hydroxyl groups is 1. The number of aliphatic hydroxyl groups excluding tert-OH is 1. The second-order valence-electron chi connectivity index (χ2n) is 6.59. The van der Waals surface area contributed by atoms with Gasteiger partial charge in [-0.05, 0) is 32.0 Å². The molecule has 0 bridgehead atoms. The summed E-state index contributed by atoms with van der Waals surface area (Å²) in [6.45, 7) is 3.62. The summed E-state index contributed by atoms with van der Waals surface area (Å²) in [5.41, 5.74) is 2.14. The molecule has 1 aromatic heterocycles. The number of aldehydes is 1. The number of H-pyrrole nitrogens is 1. The van der Waals surface area contributed by atoms with E-state index < -0.39 is 11.7 Å². The minimum absolute atomic E-state index is 0.172. The molecular formula is C18H17NO4. The molecule has 0 amide bonds. The number of ether oxygens (including phenoxy) is 1. The van der Waals surface area contributed by atoms with Crippen molar-refractivity contribution in [3.8, 4) is 11.5 Å². The van der Waals surface area contributed by atoms with Gasteiger partial charge in [0, 0.05) is 28.8 Å². The number of carbonyl (C=O) groups excluding carboxylic acids is 1. The largest absolute Gasteiger partial charge is 0.508 e. The SMILES string of the molecule is CC1(C)Oc2c(C=O)cc3c([nH]c4cc(O)ccc43)c2CC1O. The van der Waals surface area contributed by atoms with Crippen molar-refractivity contribution in [2.45, 2.75) is 32.0 Å². The number of phenols is 1. The fourth-order valence-electron chi connectivity index (χ4n) is 3.28. The first-order valence-corrected chi connectivity index (χ1v) is 7.53. The van der Waals surface area contributed by atoms with Gasteiger partial charge in [0.15, 0.2) is 6.29 Å². The van der Waals surface area contributed by atoms with Crippen LogP contribution in [0.4, 0.5) is 0 Å². The van der Waals surface area contributed by atoms with Crippen LogP contribution in [0.1, 0.15) is 29.8 Å². The van der Waals surface area contributed by atoms with E-state index >= 15 is 0 Å². The van der Waals surface area contributed by atoms with Crippen molar-refractivity contribution in [1.29, 1.82) is 0 Å². The zero-order valence-electron chi connectivity index (χ0n) is 12.9. The minimum atomic E-state index is -0.747. The molecule has 2 heterocycles. The quantitative estimate of drug-likeness (QED) is 0.603. The highest BCUT2D eigenvalue weighted by Crippen LogP contribution is 2.42. The van der Waals surface area contributed by atoms with Crippen LogP contribution in [-0.2, 0) is 6.42 Å². The van der Waals surface area contributed by atoms with Crippen molar-refractivity contribution in [3.05, 3.63) is 35.4 Å². The summed E-state index contributed by atoms with van der Waals surface area (Å²) >= 11 is 0. The second-order valence-corrected chi connectivity index (χ2v) is 6.59. The summed E-state index contributed by atoms with van der Waals surface area (Å²) in [5.74, 6) is 0.699. The lowest BCUT2D eigenvalue weighted by molar-refractivity contribution is -0.0409. The third-order valence-corrected chi connectivity index (χ3v) is 4.65. The van der Waals surface area contributed by atoms with Crippen LogP contribution in [0.3, 0.4) is 0 Å². The van der Waals surface area contributed by atoms with E-state index in [9.17, 15) is 15.0 Å². The predicted octanol–water partition coefficient (Wildman–Crippen LogP) is 2.91. The van der Waals surface area contributed by atoms with E-state index in [1.165, 1.54) is 0 Å². The van der Waals surface area contributed by atoms with Crippen LogP contribution >= 0.6 is 0 Å². The van der Waals surface area contributed by atoms with Crippen LogP contribution in [0.25, 0.3) is 21.8 Å². The van der Waals surface area contributed by atoms with Gasteiger partial charge in [-0.15, -0.1) is 0 Å². The zero-order valence-corrected chi connectivity index (χ0v) is 12.9. The van der Waals surface area contributed by atoms with Crippen molar-refractivity contribution in [3.63, 3.8) is 0 Å². The molecule has 0 saturated heterocycles. The smallest absolute Gasteiger partial charge is 0.153 e. The first-order chi connectivity index (χ1) is 10.9. The maximum absolute atomic E-state index is 11.5. The van der Waals surface area contributed by atoms with Gasteiger partial charge in [0.2, 0.25) is 0 Å². The van der Waals surface area contributed by atoms with Gasteiger partial charge in [-0.1, -0.05) is 0 Å². The van der Waals surface area contributed by atoms with Gasteiger partial charge in [-0.3, -0.25) is 4.79 Å². The normalized spacial score (nSPS) is 19.5. The van der Waals surface area contributed by atoms with Gasteiger partial charge < -0.3 is 19.9 Å². The molecule has 118 valence electrons. The van der Waals surface area contributed by atoms with Crippen molar-refractivity contribution in [2.75, 3.05) is 0 Å². The summed E-state index contributed by atoms with van der Waals surface area (Å²) in [7, 11) is 0. The van der Waals surface area contributed by atoms with Crippen molar-refractivity contribution >= 4 is 28.1 Å². The van der Waals surface area contributed by atoms with E-state index in [1.54, 1.807) is 18.2 Å².